The van der Waals surface area contributed by atoms with Crippen LogP contribution in [-0.4, -0.2) is 34.5 Å². The molecule has 4 heterocycles. The van der Waals surface area contributed by atoms with Crippen LogP contribution >= 0.6 is 0 Å². The molecule has 0 bridgehead atoms. The van der Waals surface area contributed by atoms with Crippen LogP contribution in [0.3, 0.4) is 0 Å². The summed E-state index contributed by atoms with van der Waals surface area (Å²) in [7, 11) is 0. The van der Waals surface area contributed by atoms with Crippen LogP contribution < -0.4 is 10.2 Å². The Morgan fingerprint density at radius 2 is 1.55 bits per heavy atom. The Labute approximate surface area is 232 Å². The fourth-order valence-electron chi connectivity index (χ4n) is 7.01. The molecule has 3 aliphatic heterocycles. The molecule has 1 saturated heterocycles. The van der Waals surface area contributed by atoms with E-state index in [9.17, 15) is 14.4 Å². The maximum absolute atomic E-state index is 14.7. The second kappa shape index (κ2) is 8.85. The summed E-state index contributed by atoms with van der Waals surface area (Å²) in [5.41, 5.74) is 4.98. The van der Waals surface area contributed by atoms with Crippen molar-refractivity contribution >= 4 is 34.4 Å². The number of carbonyl (C=O) groups is 3. The minimum absolute atomic E-state index is 0.188. The summed E-state index contributed by atoms with van der Waals surface area (Å²) in [5.74, 6) is -1.70. The number of hydrogen-bond acceptors (Lipinski definition) is 5. The lowest BCUT2D eigenvalue weighted by Crippen LogP contribution is -2.51. The highest BCUT2D eigenvalue weighted by atomic mass is 16.2. The van der Waals surface area contributed by atoms with Gasteiger partial charge in [0.2, 0.25) is 5.91 Å². The summed E-state index contributed by atoms with van der Waals surface area (Å²) in [5, 5.41) is 3.08. The first-order valence-corrected chi connectivity index (χ1v) is 13.4. The molecule has 1 N–H and O–H groups in total. The summed E-state index contributed by atoms with van der Waals surface area (Å²) in [6.07, 6.45) is 5.22. The summed E-state index contributed by atoms with van der Waals surface area (Å²) >= 11 is 0. The molecule has 3 aliphatic rings. The van der Waals surface area contributed by atoms with Crippen molar-refractivity contribution in [3.05, 3.63) is 131 Å². The number of benzene rings is 3. The number of para-hydroxylation sites is 1. The molecule has 6 heteroatoms. The predicted octanol–water partition coefficient (Wildman–Crippen LogP) is 5.64. The molecule has 1 aromatic heterocycles. The van der Waals surface area contributed by atoms with Crippen molar-refractivity contribution in [2.45, 2.75) is 31.3 Å². The van der Waals surface area contributed by atoms with Crippen LogP contribution in [-0.2, 0) is 10.2 Å². The van der Waals surface area contributed by atoms with Crippen molar-refractivity contribution in [2.24, 2.45) is 5.92 Å². The van der Waals surface area contributed by atoms with Gasteiger partial charge in [-0.3, -0.25) is 19.4 Å². The number of ketones is 2. The van der Waals surface area contributed by atoms with Crippen LogP contribution in [0, 0.1) is 12.8 Å². The number of aromatic nitrogens is 1. The molecule has 0 aliphatic carbocycles. The molecule has 40 heavy (non-hydrogen) atoms. The highest BCUT2D eigenvalue weighted by Gasteiger charge is 2.70. The van der Waals surface area contributed by atoms with Crippen LogP contribution in [0.1, 0.15) is 44.3 Å². The molecule has 196 valence electrons. The maximum atomic E-state index is 14.7. The van der Waals surface area contributed by atoms with Gasteiger partial charge in [-0.15, -0.1) is 0 Å². The van der Waals surface area contributed by atoms with E-state index < -0.39 is 23.4 Å². The van der Waals surface area contributed by atoms with Gasteiger partial charge in [0.15, 0.2) is 11.6 Å². The number of amides is 1. The zero-order valence-electron chi connectivity index (χ0n) is 22.2. The summed E-state index contributed by atoms with van der Waals surface area (Å²) < 4.78 is 0. The lowest BCUT2D eigenvalue weighted by Gasteiger charge is -2.39. The van der Waals surface area contributed by atoms with Gasteiger partial charge >= 0.3 is 0 Å². The van der Waals surface area contributed by atoms with Crippen molar-refractivity contribution in [3.8, 4) is 0 Å². The van der Waals surface area contributed by atoms with E-state index in [1.807, 2.05) is 73.3 Å². The molecule has 6 nitrogen and oxygen atoms in total. The van der Waals surface area contributed by atoms with Gasteiger partial charge in [-0.25, -0.2) is 0 Å². The largest absolute Gasteiger partial charge is 0.352 e. The van der Waals surface area contributed by atoms with Gasteiger partial charge in [0.05, 0.1) is 12.0 Å². The van der Waals surface area contributed by atoms with E-state index in [1.54, 1.807) is 36.7 Å². The normalized spacial score (nSPS) is 24.1. The third kappa shape index (κ3) is 3.22. The molecule has 1 amide bonds. The number of hydrogen-bond donors (Lipinski definition) is 1. The van der Waals surface area contributed by atoms with E-state index in [2.05, 4.69) is 22.4 Å². The molecule has 1 spiro atoms. The van der Waals surface area contributed by atoms with Crippen molar-refractivity contribution in [2.75, 3.05) is 10.2 Å². The van der Waals surface area contributed by atoms with E-state index in [1.165, 1.54) is 0 Å². The van der Waals surface area contributed by atoms with Crippen molar-refractivity contribution in [3.63, 3.8) is 0 Å². The van der Waals surface area contributed by atoms with Crippen molar-refractivity contribution in [1.29, 1.82) is 0 Å². The smallest absolute Gasteiger partial charge is 0.238 e. The van der Waals surface area contributed by atoms with Gasteiger partial charge in [0, 0.05) is 40.5 Å². The number of Topliss-reactive ketones (excluding diaryl/α,β-unsaturated/α-hetero) is 2. The topological polar surface area (TPSA) is 79.4 Å². The third-order valence-corrected chi connectivity index (χ3v) is 8.71. The molecule has 1 fully saturated rings. The van der Waals surface area contributed by atoms with Crippen molar-refractivity contribution in [1.82, 2.24) is 4.98 Å². The number of anilines is 2. The Morgan fingerprint density at radius 3 is 2.33 bits per heavy atom. The molecular weight excluding hydrogens is 498 g/mol. The van der Waals surface area contributed by atoms with Gasteiger partial charge in [-0.05, 0) is 55.3 Å². The predicted molar refractivity (Wildman–Crippen MR) is 154 cm³/mol. The second-order valence-electron chi connectivity index (χ2n) is 10.8. The lowest BCUT2D eigenvalue weighted by molar-refractivity contribution is -0.121. The number of pyridine rings is 1. The SMILES string of the molecule is CC1=C[C@@H]2N(c3ccc(C)cc31)[C@H](C(=O)c1ccccc1)[C@H](C(=O)c1ccncc1)[C@@]21C(=O)Nc2ccccc21. The average Bonchev–Trinajstić information content (AvgIpc) is 3.45. The van der Waals surface area contributed by atoms with Gasteiger partial charge in [0.25, 0.3) is 0 Å². The van der Waals surface area contributed by atoms with Crippen LogP contribution in [0.2, 0.25) is 0 Å². The number of nitrogens with zero attached hydrogens (tertiary/aromatic N) is 2. The minimum Gasteiger partial charge on any atom is -0.352 e. The fraction of sp³-hybridized carbons (Fsp3) is 0.176. The molecule has 0 radical (unpaired) electrons. The highest BCUT2D eigenvalue weighted by molar-refractivity contribution is 6.18. The maximum Gasteiger partial charge on any atom is 0.238 e. The van der Waals surface area contributed by atoms with Crippen LogP contribution in [0.5, 0.6) is 0 Å². The molecule has 4 atom stereocenters. The number of fused-ring (bicyclic) bond motifs is 6. The Morgan fingerprint density at radius 1 is 0.850 bits per heavy atom. The third-order valence-electron chi connectivity index (χ3n) is 8.71. The van der Waals surface area contributed by atoms with E-state index in [0.29, 0.717) is 16.8 Å². The highest BCUT2D eigenvalue weighted by Crippen LogP contribution is 2.58. The monoisotopic (exact) mass is 525 g/mol. The molecule has 3 aromatic carbocycles. The fourth-order valence-corrected chi connectivity index (χ4v) is 7.01. The number of aryl methyl sites for hydroxylation is 1. The molecule has 4 aromatic rings. The first-order valence-electron chi connectivity index (χ1n) is 13.4. The lowest BCUT2D eigenvalue weighted by atomic mass is 9.64. The Bertz CT molecular complexity index is 1730. The van der Waals surface area contributed by atoms with Crippen LogP contribution in [0.4, 0.5) is 11.4 Å². The number of carbonyl (C=O) groups excluding carboxylic acids is 3. The molecular formula is C34H27N3O3. The zero-order chi connectivity index (χ0) is 27.6. The van der Waals surface area contributed by atoms with E-state index in [4.69, 9.17) is 0 Å². The van der Waals surface area contributed by atoms with E-state index >= 15 is 0 Å². The van der Waals surface area contributed by atoms with Crippen LogP contribution in [0.15, 0.2) is 103 Å². The summed E-state index contributed by atoms with van der Waals surface area (Å²) in [4.78, 5) is 49.8. The first-order chi connectivity index (χ1) is 19.4. The quantitative estimate of drug-likeness (QED) is 0.349. The average molecular weight is 526 g/mol. The molecule has 0 saturated carbocycles. The van der Waals surface area contributed by atoms with Gasteiger partial charge in [0.1, 0.15) is 11.5 Å². The summed E-state index contributed by atoms with van der Waals surface area (Å²) in [6, 6.07) is 24.6. The number of rotatable bonds is 4. The van der Waals surface area contributed by atoms with E-state index in [0.717, 1.165) is 28.0 Å². The Kier molecular flexibility index (Phi) is 5.36. The standard InChI is InChI=1S/C34H27N3O3/c1-20-12-13-27-24(18-20)21(2)19-28-34(25-10-6-7-11-26(25)36-33(34)40)29(31(38)23-14-16-35-17-15-23)30(37(27)28)32(39)22-8-4-3-5-9-22/h3-19,28-30H,1-2H3,(H,36,40)/t28-,29+,30-,34-/m0/s1. The molecule has 7 rings (SSSR count). The van der Waals surface area contributed by atoms with Gasteiger partial charge in [-0.1, -0.05) is 66.2 Å². The second-order valence-corrected chi connectivity index (χ2v) is 10.8. The van der Waals surface area contributed by atoms with Gasteiger partial charge in [-0.2, -0.15) is 0 Å². The Balaban J connectivity index is 1.57. The summed E-state index contributed by atoms with van der Waals surface area (Å²) in [6.45, 7) is 4.07. The van der Waals surface area contributed by atoms with Crippen molar-refractivity contribution < 1.29 is 14.4 Å². The van der Waals surface area contributed by atoms with Gasteiger partial charge < -0.3 is 10.2 Å². The minimum atomic E-state index is -1.32. The Hall–Kier alpha value is -4.84. The molecule has 0 unspecified atom stereocenters. The number of nitrogens with one attached hydrogen (secondary N) is 1. The van der Waals surface area contributed by atoms with Crippen LogP contribution in [0.25, 0.3) is 5.57 Å². The zero-order valence-corrected chi connectivity index (χ0v) is 22.2. The van der Waals surface area contributed by atoms with E-state index in [-0.39, 0.29) is 17.5 Å². The first kappa shape index (κ1) is 24.2. The number of allylic oxidation sites excluding steroid dienone is 1.